The van der Waals surface area contributed by atoms with Crippen LogP contribution in [0.5, 0.6) is 0 Å². The highest BCUT2D eigenvalue weighted by molar-refractivity contribution is 5.99. The maximum atomic E-state index is 13.2. The summed E-state index contributed by atoms with van der Waals surface area (Å²) in [6.45, 7) is -0.134. The number of amides is 2. The van der Waals surface area contributed by atoms with E-state index in [0.717, 1.165) is 12.7 Å². The van der Waals surface area contributed by atoms with Gasteiger partial charge in [0.05, 0.1) is 0 Å². The Hall–Kier alpha value is -2.13. The number of anilines is 1. The number of alkyl halides is 3. The van der Waals surface area contributed by atoms with E-state index < -0.39 is 36.1 Å². The molecule has 3 rings (SSSR count). The van der Waals surface area contributed by atoms with Gasteiger partial charge in [0.2, 0.25) is 11.8 Å². The normalized spacial score (nSPS) is 29.1. The van der Waals surface area contributed by atoms with Gasteiger partial charge >= 0.3 is 6.18 Å². The molecular formula is C17H20F3N3O3. The summed E-state index contributed by atoms with van der Waals surface area (Å²) in [6, 6.07) is 7.06. The summed E-state index contributed by atoms with van der Waals surface area (Å²) in [7, 11) is 2.55. The van der Waals surface area contributed by atoms with Gasteiger partial charge in [-0.1, -0.05) is 18.2 Å². The van der Waals surface area contributed by atoms with Crippen molar-refractivity contribution < 1.29 is 27.5 Å². The predicted octanol–water partition coefficient (Wildman–Crippen LogP) is 1.43. The van der Waals surface area contributed by atoms with Crippen LogP contribution in [-0.2, 0) is 20.9 Å². The largest absolute Gasteiger partial charge is 0.417 e. The molecule has 0 spiro atoms. The van der Waals surface area contributed by atoms with Gasteiger partial charge in [-0.3, -0.25) is 9.59 Å². The Morgan fingerprint density at radius 1 is 1.23 bits per heavy atom. The number of methoxy groups -OCH3 is 1. The zero-order chi connectivity index (χ0) is 19.3. The number of carbonyl (C=O) groups excluding carboxylic acids is 2. The van der Waals surface area contributed by atoms with Crippen LogP contribution >= 0.6 is 0 Å². The van der Waals surface area contributed by atoms with Crippen molar-refractivity contribution in [1.82, 2.24) is 4.90 Å². The highest BCUT2D eigenvalue weighted by Gasteiger charge is 2.70. The van der Waals surface area contributed by atoms with E-state index in [1.165, 1.54) is 9.80 Å². The van der Waals surface area contributed by atoms with Crippen LogP contribution in [0, 0.1) is 0 Å². The van der Waals surface area contributed by atoms with Crippen molar-refractivity contribution in [3.05, 3.63) is 29.8 Å². The summed E-state index contributed by atoms with van der Waals surface area (Å²) >= 11 is 0. The van der Waals surface area contributed by atoms with Crippen molar-refractivity contribution in [1.29, 1.82) is 0 Å². The van der Waals surface area contributed by atoms with Crippen LogP contribution in [0.3, 0.4) is 0 Å². The molecule has 9 heteroatoms. The number of nitrogens with zero attached hydrogens (tertiary/aromatic N) is 2. The van der Waals surface area contributed by atoms with Gasteiger partial charge in [0.1, 0.15) is 12.1 Å². The second-order valence-electron chi connectivity index (χ2n) is 6.95. The molecule has 0 saturated heterocycles. The third-order valence-corrected chi connectivity index (χ3v) is 5.24. The van der Waals surface area contributed by atoms with Gasteiger partial charge in [0.15, 0.2) is 5.60 Å². The molecule has 26 heavy (non-hydrogen) atoms. The van der Waals surface area contributed by atoms with Crippen molar-refractivity contribution in [2.75, 3.05) is 25.6 Å². The van der Waals surface area contributed by atoms with E-state index >= 15 is 0 Å². The first kappa shape index (κ1) is 18.7. The van der Waals surface area contributed by atoms with Gasteiger partial charge in [-0.25, -0.2) is 0 Å². The Morgan fingerprint density at radius 3 is 2.42 bits per heavy atom. The third kappa shape index (κ3) is 2.75. The Balaban J connectivity index is 1.84. The Labute approximate surface area is 148 Å². The lowest BCUT2D eigenvalue weighted by molar-refractivity contribution is -0.309. The lowest BCUT2D eigenvalue weighted by Crippen LogP contribution is -2.74. The van der Waals surface area contributed by atoms with E-state index in [9.17, 15) is 22.8 Å². The lowest BCUT2D eigenvalue weighted by atomic mass is 9.64. The molecule has 142 valence electrons. The number of hydrogen-bond donors (Lipinski definition) is 1. The summed E-state index contributed by atoms with van der Waals surface area (Å²) in [5.41, 5.74) is 3.25. The molecule has 1 heterocycles. The lowest BCUT2D eigenvalue weighted by Gasteiger charge is -2.53. The van der Waals surface area contributed by atoms with Crippen LogP contribution in [0.2, 0.25) is 0 Å². The van der Waals surface area contributed by atoms with E-state index in [2.05, 4.69) is 4.74 Å². The standard InChI is InChI=1S/C17H20F3N3O3/c1-22-12-6-4-3-5-11(12)7-23(8-13(22)24)14(25)15(21)9-16(10-15,26-2)17(18,19)20/h3-6H,7-10,21H2,1-2H3. The fraction of sp³-hybridized carbons (Fsp3) is 0.529. The van der Waals surface area contributed by atoms with E-state index in [0.29, 0.717) is 5.69 Å². The molecule has 1 aliphatic carbocycles. The molecule has 0 radical (unpaired) electrons. The van der Waals surface area contributed by atoms with Crippen LogP contribution in [-0.4, -0.2) is 54.7 Å². The molecule has 1 fully saturated rings. The first-order chi connectivity index (χ1) is 12.0. The zero-order valence-electron chi connectivity index (χ0n) is 14.5. The number of benzene rings is 1. The van der Waals surface area contributed by atoms with Crippen LogP contribution < -0.4 is 10.6 Å². The molecule has 1 saturated carbocycles. The summed E-state index contributed by atoms with van der Waals surface area (Å²) in [5, 5.41) is 0. The smallest absolute Gasteiger partial charge is 0.369 e. The number of nitrogens with two attached hydrogens (primary N) is 1. The van der Waals surface area contributed by atoms with Gasteiger partial charge in [-0.15, -0.1) is 0 Å². The predicted molar refractivity (Wildman–Crippen MR) is 87.2 cm³/mol. The average molecular weight is 371 g/mol. The van der Waals surface area contributed by atoms with Crippen molar-refractivity contribution in [2.45, 2.75) is 36.7 Å². The molecule has 1 aromatic carbocycles. The van der Waals surface area contributed by atoms with Gasteiger partial charge in [0.25, 0.3) is 0 Å². The Bertz CT molecular complexity index is 744. The van der Waals surface area contributed by atoms with E-state index in [4.69, 9.17) is 5.73 Å². The zero-order valence-corrected chi connectivity index (χ0v) is 14.5. The molecule has 0 atom stereocenters. The first-order valence-corrected chi connectivity index (χ1v) is 8.08. The summed E-state index contributed by atoms with van der Waals surface area (Å²) in [4.78, 5) is 27.9. The van der Waals surface area contributed by atoms with Crippen molar-refractivity contribution >= 4 is 17.5 Å². The average Bonchev–Trinajstić information content (AvgIpc) is 2.67. The van der Waals surface area contributed by atoms with Crippen LogP contribution in [0.4, 0.5) is 18.9 Å². The second kappa shape index (κ2) is 5.95. The fourth-order valence-corrected chi connectivity index (χ4v) is 3.67. The topological polar surface area (TPSA) is 75.9 Å². The highest BCUT2D eigenvalue weighted by atomic mass is 19.4. The van der Waals surface area contributed by atoms with Crippen LogP contribution in [0.15, 0.2) is 24.3 Å². The fourth-order valence-electron chi connectivity index (χ4n) is 3.67. The number of likely N-dealkylation sites (N-methyl/N-ethyl adjacent to an activating group) is 1. The highest BCUT2D eigenvalue weighted by Crippen LogP contribution is 2.52. The second-order valence-corrected chi connectivity index (χ2v) is 6.95. The van der Waals surface area contributed by atoms with Crippen molar-refractivity contribution in [2.24, 2.45) is 5.73 Å². The minimum absolute atomic E-state index is 0.107. The number of ether oxygens (including phenoxy) is 1. The van der Waals surface area contributed by atoms with E-state index in [-0.39, 0.29) is 19.0 Å². The van der Waals surface area contributed by atoms with Crippen LogP contribution in [0.25, 0.3) is 0 Å². The quantitative estimate of drug-likeness (QED) is 0.853. The monoisotopic (exact) mass is 371 g/mol. The molecule has 1 aromatic rings. The molecule has 0 bridgehead atoms. The van der Waals surface area contributed by atoms with Gasteiger partial charge < -0.3 is 20.3 Å². The third-order valence-electron chi connectivity index (χ3n) is 5.24. The van der Waals surface area contributed by atoms with E-state index in [1.54, 1.807) is 31.3 Å². The molecule has 0 aromatic heterocycles. The summed E-state index contributed by atoms with van der Waals surface area (Å²) in [6.07, 6.45) is -5.95. The summed E-state index contributed by atoms with van der Waals surface area (Å²) < 4.78 is 44.3. The number of halogens is 3. The number of rotatable bonds is 2. The minimum atomic E-state index is -4.62. The SMILES string of the molecule is COC1(C(F)(F)F)CC(N)(C(=O)N2CC(=O)N(C)c3ccccc3C2)C1. The number of carbonyl (C=O) groups is 2. The number of para-hydroxylation sites is 1. The van der Waals surface area contributed by atoms with Gasteiger partial charge in [-0.2, -0.15) is 13.2 Å². The molecular weight excluding hydrogens is 351 g/mol. The number of hydrogen-bond acceptors (Lipinski definition) is 4. The maximum Gasteiger partial charge on any atom is 0.417 e. The van der Waals surface area contributed by atoms with Crippen molar-refractivity contribution in [3.8, 4) is 0 Å². The minimum Gasteiger partial charge on any atom is -0.369 e. The van der Waals surface area contributed by atoms with Crippen molar-refractivity contribution in [3.63, 3.8) is 0 Å². The van der Waals surface area contributed by atoms with E-state index in [1.807, 2.05) is 0 Å². The number of fused-ring (bicyclic) bond motifs is 1. The molecule has 2 N–H and O–H groups in total. The first-order valence-electron chi connectivity index (χ1n) is 8.08. The molecule has 2 amide bonds. The van der Waals surface area contributed by atoms with Gasteiger partial charge in [0, 0.05) is 39.2 Å². The Kier molecular flexibility index (Phi) is 4.27. The Morgan fingerprint density at radius 2 is 1.85 bits per heavy atom. The molecule has 0 unspecified atom stereocenters. The maximum absolute atomic E-state index is 13.2. The van der Waals surface area contributed by atoms with Crippen LogP contribution in [0.1, 0.15) is 18.4 Å². The molecule has 2 aliphatic rings. The molecule has 1 aliphatic heterocycles. The van der Waals surface area contributed by atoms with Gasteiger partial charge in [-0.05, 0) is 11.6 Å². The summed E-state index contributed by atoms with van der Waals surface area (Å²) in [5.74, 6) is -1.01. The molecule has 6 nitrogen and oxygen atoms in total.